The van der Waals surface area contributed by atoms with Gasteiger partial charge in [-0.25, -0.2) is 0 Å². The van der Waals surface area contributed by atoms with E-state index < -0.39 is 0 Å². The molecule has 0 saturated heterocycles. The van der Waals surface area contributed by atoms with Gasteiger partial charge in [0.25, 0.3) is 0 Å². The van der Waals surface area contributed by atoms with Gasteiger partial charge in [-0.1, -0.05) is 20.3 Å². The lowest BCUT2D eigenvalue weighted by Crippen LogP contribution is -2.43. The molecule has 0 aromatic carbocycles. The Morgan fingerprint density at radius 1 is 1.47 bits per heavy atom. The van der Waals surface area contributed by atoms with Gasteiger partial charge >= 0.3 is 0 Å². The fourth-order valence-corrected chi connectivity index (χ4v) is 2.30. The van der Waals surface area contributed by atoms with Gasteiger partial charge in [-0.2, -0.15) is 0 Å². The van der Waals surface area contributed by atoms with Crippen LogP contribution in [0.2, 0.25) is 0 Å². The van der Waals surface area contributed by atoms with Crippen molar-refractivity contribution in [3.8, 4) is 0 Å². The fraction of sp³-hybridized carbons (Fsp3) is 0.750. The van der Waals surface area contributed by atoms with Crippen molar-refractivity contribution >= 4 is 16.3 Å². The summed E-state index contributed by atoms with van der Waals surface area (Å²) in [5.74, 6) is 0.728. The van der Waals surface area contributed by atoms with Crippen LogP contribution >= 0.6 is 11.3 Å². The molecule has 0 radical (unpaired) electrons. The zero-order valence-corrected chi connectivity index (χ0v) is 11.3. The monoisotopic (exact) mass is 226 g/mol. The lowest BCUT2D eigenvalue weighted by Gasteiger charge is -2.38. The molecular weight excluding hydrogens is 204 g/mol. The molecule has 3 heteroatoms. The molecular formula is C12H22N2S. The maximum absolute atomic E-state index is 4.17. The summed E-state index contributed by atoms with van der Waals surface area (Å²) >= 11 is 1.73. The van der Waals surface area contributed by atoms with E-state index in [1.54, 1.807) is 11.3 Å². The predicted octanol–water partition coefficient (Wildman–Crippen LogP) is 3.79. The van der Waals surface area contributed by atoms with Crippen LogP contribution in [0.1, 0.15) is 41.0 Å². The second-order valence-corrected chi connectivity index (χ2v) is 6.00. The van der Waals surface area contributed by atoms with Gasteiger partial charge in [-0.3, -0.25) is 4.98 Å². The average Bonchev–Trinajstić information content (AvgIpc) is 2.64. The Bertz CT molecular complexity index is 274. The number of thiazole rings is 1. The summed E-state index contributed by atoms with van der Waals surface area (Å²) in [6.07, 6.45) is 3.20. The van der Waals surface area contributed by atoms with Gasteiger partial charge in [0, 0.05) is 12.1 Å². The summed E-state index contributed by atoms with van der Waals surface area (Å²) in [6, 6.07) is 0. The Hall–Kier alpha value is -0.570. The van der Waals surface area contributed by atoms with Crippen molar-refractivity contribution < 1.29 is 0 Å². The van der Waals surface area contributed by atoms with E-state index in [4.69, 9.17) is 0 Å². The van der Waals surface area contributed by atoms with Gasteiger partial charge in [0.05, 0.1) is 11.7 Å². The molecule has 0 amide bonds. The van der Waals surface area contributed by atoms with Crippen LogP contribution in [-0.2, 0) is 0 Å². The van der Waals surface area contributed by atoms with Crippen LogP contribution in [0.5, 0.6) is 0 Å². The van der Waals surface area contributed by atoms with Crippen molar-refractivity contribution in [2.45, 2.75) is 46.6 Å². The van der Waals surface area contributed by atoms with Gasteiger partial charge in [0.2, 0.25) is 0 Å². The lowest BCUT2D eigenvalue weighted by atomic mass is 10.0. The molecule has 1 aromatic rings. The maximum atomic E-state index is 4.17. The van der Waals surface area contributed by atoms with Crippen LogP contribution in [-0.4, -0.2) is 17.1 Å². The first-order valence-electron chi connectivity index (χ1n) is 5.61. The van der Waals surface area contributed by atoms with Crippen molar-refractivity contribution in [3.63, 3.8) is 0 Å². The average molecular weight is 226 g/mol. The van der Waals surface area contributed by atoms with Gasteiger partial charge in [-0.15, -0.1) is 11.3 Å². The molecule has 0 aliphatic carbocycles. The second kappa shape index (κ2) is 4.97. The summed E-state index contributed by atoms with van der Waals surface area (Å²) in [7, 11) is 0. The topological polar surface area (TPSA) is 16.1 Å². The minimum atomic E-state index is 0.177. The number of anilines is 1. The number of hydrogen-bond acceptors (Lipinski definition) is 3. The summed E-state index contributed by atoms with van der Waals surface area (Å²) in [5, 5.41) is 1.28. The first-order chi connectivity index (χ1) is 6.95. The highest BCUT2D eigenvalue weighted by Crippen LogP contribution is 2.28. The molecule has 15 heavy (non-hydrogen) atoms. The third kappa shape index (κ3) is 3.49. The van der Waals surface area contributed by atoms with Crippen molar-refractivity contribution in [2.24, 2.45) is 5.92 Å². The zero-order chi connectivity index (χ0) is 11.5. The molecule has 86 valence electrons. The van der Waals surface area contributed by atoms with E-state index in [0.717, 1.165) is 12.5 Å². The number of rotatable bonds is 4. The number of nitrogens with zero attached hydrogens (tertiary/aromatic N) is 2. The standard InChI is InChI=1S/C12H22N2S/c1-6-10(2)8-14(12(3,4)5)11-7-13-9-15-11/h7,9-10H,6,8H2,1-5H3. The van der Waals surface area contributed by atoms with E-state index in [0.29, 0.717) is 0 Å². The minimum Gasteiger partial charge on any atom is -0.357 e. The van der Waals surface area contributed by atoms with E-state index in [1.165, 1.54) is 11.4 Å². The van der Waals surface area contributed by atoms with Crippen molar-refractivity contribution in [1.29, 1.82) is 0 Å². The number of hydrogen-bond donors (Lipinski definition) is 0. The maximum Gasteiger partial charge on any atom is 0.111 e. The van der Waals surface area contributed by atoms with E-state index in [2.05, 4.69) is 44.5 Å². The second-order valence-electron chi connectivity index (χ2n) is 5.13. The summed E-state index contributed by atoms with van der Waals surface area (Å²) in [6.45, 7) is 12.4. The molecule has 0 spiro atoms. The normalized spacial score (nSPS) is 13.9. The fourth-order valence-electron chi connectivity index (χ4n) is 1.48. The SMILES string of the molecule is CCC(C)CN(c1cncs1)C(C)(C)C. The Morgan fingerprint density at radius 2 is 2.13 bits per heavy atom. The van der Waals surface area contributed by atoms with Crippen LogP contribution in [0.25, 0.3) is 0 Å². The molecule has 1 rings (SSSR count). The zero-order valence-electron chi connectivity index (χ0n) is 10.4. The van der Waals surface area contributed by atoms with Gasteiger partial charge in [0.15, 0.2) is 0 Å². The Labute approximate surface area is 97.3 Å². The van der Waals surface area contributed by atoms with E-state index >= 15 is 0 Å². The van der Waals surface area contributed by atoms with Crippen molar-refractivity contribution in [2.75, 3.05) is 11.4 Å². The highest BCUT2D eigenvalue weighted by molar-refractivity contribution is 7.13. The molecule has 0 aliphatic heterocycles. The lowest BCUT2D eigenvalue weighted by molar-refractivity contribution is 0.445. The largest absolute Gasteiger partial charge is 0.357 e. The van der Waals surface area contributed by atoms with E-state index in [1.807, 2.05) is 11.7 Å². The van der Waals surface area contributed by atoms with E-state index in [9.17, 15) is 0 Å². The highest BCUT2D eigenvalue weighted by Gasteiger charge is 2.23. The van der Waals surface area contributed by atoms with Crippen LogP contribution < -0.4 is 4.90 Å². The molecule has 0 aliphatic rings. The molecule has 0 fully saturated rings. The van der Waals surface area contributed by atoms with Crippen LogP contribution in [0.3, 0.4) is 0 Å². The van der Waals surface area contributed by atoms with Gasteiger partial charge < -0.3 is 4.90 Å². The summed E-state index contributed by atoms with van der Waals surface area (Å²) < 4.78 is 0. The van der Waals surface area contributed by atoms with Crippen LogP contribution in [0.4, 0.5) is 5.00 Å². The number of aromatic nitrogens is 1. The predicted molar refractivity (Wildman–Crippen MR) is 68.7 cm³/mol. The quantitative estimate of drug-likeness (QED) is 0.776. The van der Waals surface area contributed by atoms with Gasteiger partial charge in [-0.05, 0) is 26.7 Å². The first kappa shape index (κ1) is 12.5. The minimum absolute atomic E-state index is 0.177. The summed E-state index contributed by atoms with van der Waals surface area (Å²) in [4.78, 5) is 6.62. The Morgan fingerprint density at radius 3 is 2.53 bits per heavy atom. The summed E-state index contributed by atoms with van der Waals surface area (Å²) in [5.41, 5.74) is 2.08. The first-order valence-corrected chi connectivity index (χ1v) is 6.49. The molecule has 1 atom stereocenters. The van der Waals surface area contributed by atoms with Crippen LogP contribution in [0.15, 0.2) is 11.7 Å². The molecule has 1 aromatic heterocycles. The molecule has 1 heterocycles. The van der Waals surface area contributed by atoms with Crippen molar-refractivity contribution in [3.05, 3.63) is 11.7 Å². The van der Waals surface area contributed by atoms with Crippen molar-refractivity contribution in [1.82, 2.24) is 4.98 Å². The molecule has 0 saturated carbocycles. The molecule has 0 N–H and O–H groups in total. The Balaban J connectivity index is 2.80. The Kier molecular flexibility index (Phi) is 4.14. The van der Waals surface area contributed by atoms with E-state index in [-0.39, 0.29) is 5.54 Å². The molecule has 2 nitrogen and oxygen atoms in total. The third-order valence-electron chi connectivity index (χ3n) is 2.69. The van der Waals surface area contributed by atoms with Gasteiger partial charge in [0.1, 0.15) is 5.00 Å². The van der Waals surface area contributed by atoms with Crippen LogP contribution in [0, 0.1) is 5.92 Å². The molecule has 0 bridgehead atoms. The smallest absolute Gasteiger partial charge is 0.111 e. The third-order valence-corrected chi connectivity index (χ3v) is 3.48. The highest BCUT2D eigenvalue weighted by atomic mass is 32.1. The molecule has 1 unspecified atom stereocenters.